The molecule has 2 atom stereocenters. The maximum Gasteiger partial charge on any atom is 0.320 e. The highest BCUT2D eigenvalue weighted by Crippen LogP contribution is 1.89. The Kier molecular flexibility index (Phi) is 12.4. The molecule has 16 heavy (non-hydrogen) atoms. The van der Waals surface area contributed by atoms with E-state index in [1.165, 1.54) is 0 Å². The third-order valence-electron chi connectivity index (χ3n) is 1.51. The number of rotatable bonds is 6. The highest BCUT2D eigenvalue weighted by atomic mass is 32.1. The minimum atomic E-state index is -0.959. The quantitative estimate of drug-likeness (QED) is 0.359. The van der Waals surface area contributed by atoms with Gasteiger partial charge >= 0.3 is 11.9 Å². The van der Waals surface area contributed by atoms with Crippen LogP contribution >= 0.6 is 25.3 Å². The van der Waals surface area contributed by atoms with Crippen LogP contribution in [0.4, 0.5) is 0 Å². The summed E-state index contributed by atoms with van der Waals surface area (Å²) < 4.78 is 0. The number of carboxylic acid groups (broad SMARTS) is 2. The molecule has 0 saturated carbocycles. The largest absolute Gasteiger partial charge is 0.480 e. The fraction of sp³-hybridized carbons (Fsp3) is 0.750. The molecule has 0 unspecified atom stereocenters. The summed E-state index contributed by atoms with van der Waals surface area (Å²) in [5.74, 6) is -0.876. The van der Waals surface area contributed by atoms with E-state index in [4.69, 9.17) is 21.7 Å². The summed E-state index contributed by atoms with van der Waals surface area (Å²) in [6.07, 6.45) is 0.858. The average molecular weight is 270 g/mol. The van der Waals surface area contributed by atoms with Crippen molar-refractivity contribution in [1.29, 1.82) is 0 Å². The van der Waals surface area contributed by atoms with Gasteiger partial charge in [-0.1, -0.05) is 0 Å². The molecule has 0 rings (SSSR count). The van der Waals surface area contributed by atoms with Crippen LogP contribution in [0.5, 0.6) is 0 Å². The summed E-state index contributed by atoms with van der Waals surface area (Å²) in [6.45, 7) is 0. The Morgan fingerprint density at radius 3 is 1.25 bits per heavy atom. The molecule has 0 fully saturated rings. The molecule has 0 aromatic heterocycles. The van der Waals surface area contributed by atoms with Crippen LogP contribution in [0.25, 0.3) is 0 Å². The van der Waals surface area contributed by atoms with Crippen molar-refractivity contribution >= 4 is 37.2 Å². The lowest BCUT2D eigenvalue weighted by Gasteiger charge is -2.00. The minimum absolute atomic E-state index is 0.429. The number of carbonyl (C=O) groups is 2. The average Bonchev–Trinajstić information content (AvgIpc) is 2.19. The molecule has 0 radical (unpaired) electrons. The van der Waals surface area contributed by atoms with E-state index in [0.29, 0.717) is 24.3 Å². The van der Waals surface area contributed by atoms with Crippen molar-refractivity contribution in [3.8, 4) is 0 Å². The molecule has 6 nitrogen and oxygen atoms in total. The lowest BCUT2D eigenvalue weighted by atomic mass is 10.2. The lowest BCUT2D eigenvalue weighted by Crippen LogP contribution is -2.30. The normalized spacial score (nSPS) is 13.2. The Balaban J connectivity index is 0. The van der Waals surface area contributed by atoms with Crippen molar-refractivity contribution in [1.82, 2.24) is 0 Å². The van der Waals surface area contributed by atoms with Gasteiger partial charge in [0.25, 0.3) is 0 Å². The molecule has 96 valence electrons. The van der Waals surface area contributed by atoms with Crippen LogP contribution in [0.1, 0.15) is 12.8 Å². The van der Waals surface area contributed by atoms with Crippen LogP contribution in [0, 0.1) is 0 Å². The highest BCUT2D eigenvalue weighted by molar-refractivity contribution is 7.80. The molecule has 0 spiro atoms. The van der Waals surface area contributed by atoms with E-state index in [-0.39, 0.29) is 0 Å². The van der Waals surface area contributed by atoms with Crippen molar-refractivity contribution in [2.45, 2.75) is 24.9 Å². The number of nitrogens with two attached hydrogens (primary N) is 2. The van der Waals surface area contributed by atoms with Gasteiger partial charge in [0.2, 0.25) is 0 Å². The van der Waals surface area contributed by atoms with Crippen LogP contribution in [0.2, 0.25) is 0 Å². The fourth-order valence-electron chi connectivity index (χ4n) is 0.525. The standard InChI is InChI=1S/2C4H9NO2S/c2*5-3(1-2-8)4(6)7/h2*3,8H,1-2,5H2,(H,6,7)/t2*3-/m00/s1. The molecule has 0 aliphatic heterocycles. The summed E-state index contributed by atoms with van der Waals surface area (Å²) in [7, 11) is 0. The Labute approximate surface area is 105 Å². The maximum atomic E-state index is 9.93. The van der Waals surface area contributed by atoms with Crippen LogP contribution in [-0.4, -0.2) is 45.7 Å². The third kappa shape index (κ3) is 11.6. The molecular formula is C8H18N2O4S2. The molecule has 6 N–H and O–H groups in total. The molecule has 0 aromatic carbocycles. The summed E-state index contributed by atoms with van der Waals surface area (Å²) in [5, 5.41) is 16.3. The zero-order valence-electron chi connectivity index (χ0n) is 8.74. The third-order valence-corrected chi connectivity index (χ3v) is 2.03. The van der Waals surface area contributed by atoms with Gasteiger partial charge in [0.05, 0.1) is 0 Å². The second-order valence-corrected chi connectivity index (χ2v) is 3.81. The summed E-state index contributed by atoms with van der Waals surface area (Å²) in [5.41, 5.74) is 10.2. The first-order valence-corrected chi connectivity index (χ1v) is 5.81. The predicted octanol–water partition coefficient (Wildman–Crippen LogP) is -0.564. The Morgan fingerprint density at radius 1 is 0.938 bits per heavy atom. The number of thiol groups is 2. The summed E-state index contributed by atoms with van der Waals surface area (Å²) in [6, 6.07) is -1.49. The molecule has 0 amide bonds. The smallest absolute Gasteiger partial charge is 0.320 e. The van der Waals surface area contributed by atoms with Gasteiger partial charge in [-0.15, -0.1) is 0 Å². The van der Waals surface area contributed by atoms with Crippen molar-refractivity contribution < 1.29 is 19.8 Å². The van der Waals surface area contributed by atoms with E-state index in [1.807, 2.05) is 0 Å². The molecular weight excluding hydrogens is 252 g/mol. The summed E-state index contributed by atoms with van der Waals surface area (Å²) >= 11 is 7.62. The van der Waals surface area contributed by atoms with E-state index in [0.717, 1.165) is 0 Å². The van der Waals surface area contributed by atoms with Crippen LogP contribution in [0.3, 0.4) is 0 Å². The molecule has 8 heteroatoms. The number of aliphatic carboxylic acids is 2. The van der Waals surface area contributed by atoms with Gasteiger partial charge in [-0.25, -0.2) is 0 Å². The van der Waals surface area contributed by atoms with Gasteiger partial charge in [-0.3, -0.25) is 9.59 Å². The Hall–Kier alpha value is -0.440. The van der Waals surface area contributed by atoms with Gasteiger partial charge < -0.3 is 21.7 Å². The molecule has 0 heterocycles. The van der Waals surface area contributed by atoms with E-state index in [9.17, 15) is 9.59 Å². The molecule has 0 aromatic rings. The lowest BCUT2D eigenvalue weighted by molar-refractivity contribution is -0.139. The summed E-state index contributed by atoms with van der Waals surface area (Å²) in [4.78, 5) is 19.9. The fourth-order valence-corrected chi connectivity index (χ4v) is 1.08. The van der Waals surface area contributed by atoms with E-state index in [1.54, 1.807) is 0 Å². The second-order valence-electron chi connectivity index (χ2n) is 2.91. The van der Waals surface area contributed by atoms with Crippen molar-refractivity contribution in [3.05, 3.63) is 0 Å². The monoisotopic (exact) mass is 270 g/mol. The first-order chi connectivity index (χ1) is 7.36. The van der Waals surface area contributed by atoms with Gasteiger partial charge in [-0.2, -0.15) is 25.3 Å². The van der Waals surface area contributed by atoms with Crippen molar-refractivity contribution in [3.63, 3.8) is 0 Å². The zero-order chi connectivity index (χ0) is 13.1. The van der Waals surface area contributed by atoms with Crippen LogP contribution in [-0.2, 0) is 9.59 Å². The zero-order valence-corrected chi connectivity index (χ0v) is 10.5. The van der Waals surface area contributed by atoms with Gasteiger partial charge in [0.1, 0.15) is 12.1 Å². The number of hydrogen-bond acceptors (Lipinski definition) is 6. The SMILES string of the molecule is N[C@@H](CCS)C(=O)O.N[C@@H](CCS)C(=O)O. The van der Waals surface area contributed by atoms with Crippen LogP contribution in [0.15, 0.2) is 0 Å². The molecule has 0 saturated heterocycles. The Morgan fingerprint density at radius 2 is 1.19 bits per heavy atom. The number of carboxylic acids is 2. The van der Waals surface area contributed by atoms with E-state index in [2.05, 4.69) is 25.3 Å². The molecule has 0 bridgehead atoms. The Bertz CT molecular complexity index is 194. The van der Waals surface area contributed by atoms with Gasteiger partial charge in [0.15, 0.2) is 0 Å². The second kappa shape index (κ2) is 11.1. The minimum Gasteiger partial charge on any atom is -0.480 e. The van der Waals surface area contributed by atoms with Crippen molar-refractivity contribution in [2.75, 3.05) is 11.5 Å². The first kappa shape index (κ1) is 17.9. The first-order valence-electron chi connectivity index (χ1n) is 4.55. The van der Waals surface area contributed by atoms with Crippen LogP contribution < -0.4 is 11.5 Å². The maximum absolute atomic E-state index is 9.93. The number of hydrogen-bond donors (Lipinski definition) is 6. The highest BCUT2D eigenvalue weighted by Gasteiger charge is 2.08. The predicted molar refractivity (Wildman–Crippen MR) is 68.2 cm³/mol. The van der Waals surface area contributed by atoms with Crippen molar-refractivity contribution in [2.24, 2.45) is 11.5 Å². The van der Waals surface area contributed by atoms with Gasteiger partial charge in [0, 0.05) is 0 Å². The van der Waals surface area contributed by atoms with Gasteiger partial charge in [-0.05, 0) is 24.3 Å². The van der Waals surface area contributed by atoms with E-state index >= 15 is 0 Å². The van der Waals surface area contributed by atoms with E-state index < -0.39 is 24.0 Å². The molecule has 0 aliphatic carbocycles. The molecule has 0 aliphatic rings. The topological polar surface area (TPSA) is 127 Å².